The number of sulfonamides is 1. The number of phenolic OH excluding ortho intramolecular Hbond substituents is 1. The second-order valence-corrected chi connectivity index (χ2v) is 9.11. The van der Waals surface area contributed by atoms with Crippen molar-refractivity contribution in [2.75, 3.05) is 4.72 Å². The van der Waals surface area contributed by atoms with Crippen LogP contribution in [0.25, 0.3) is 0 Å². The molecule has 2 unspecified atom stereocenters. The number of aromatic hydroxyl groups is 1. The fourth-order valence-corrected chi connectivity index (χ4v) is 4.58. The summed E-state index contributed by atoms with van der Waals surface area (Å²) in [5.41, 5.74) is -0.0915. The summed E-state index contributed by atoms with van der Waals surface area (Å²) in [4.78, 5) is 22.2. The third kappa shape index (κ3) is 4.88. The molecule has 1 aliphatic rings. The molecule has 0 heterocycles. The maximum Gasteiger partial charge on any atom is 0.312 e. The van der Waals surface area contributed by atoms with Gasteiger partial charge in [0.25, 0.3) is 15.9 Å². The van der Waals surface area contributed by atoms with E-state index in [0.29, 0.717) is 11.5 Å². The minimum Gasteiger partial charge on any atom is -0.502 e. The molecule has 0 radical (unpaired) electrons. The lowest BCUT2D eigenvalue weighted by atomic mass is 9.86. The highest BCUT2D eigenvalue weighted by Crippen LogP contribution is 2.29. The average molecular weight is 433 g/mol. The normalized spacial score (nSPS) is 19.1. The van der Waals surface area contributed by atoms with E-state index in [1.54, 1.807) is 0 Å². The van der Waals surface area contributed by atoms with Crippen molar-refractivity contribution in [2.45, 2.75) is 43.5 Å². The second kappa shape index (κ2) is 8.70. The molecule has 2 atom stereocenters. The van der Waals surface area contributed by atoms with Gasteiger partial charge in [-0.1, -0.05) is 19.8 Å². The molecule has 0 bridgehead atoms. The zero-order valence-electron chi connectivity index (χ0n) is 16.4. The average Bonchev–Trinajstić information content (AvgIpc) is 2.70. The van der Waals surface area contributed by atoms with Gasteiger partial charge in [-0.2, -0.15) is 0 Å². The van der Waals surface area contributed by atoms with Gasteiger partial charge in [0.05, 0.1) is 9.82 Å². The van der Waals surface area contributed by atoms with Crippen molar-refractivity contribution >= 4 is 27.3 Å². The fourth-order valence-electron chi connectivity index (χ4n) is 3.50. The molecule has 0 aliphatic heterocycles. The number of anilines is 1. The number of carbonyl (C=O) groups is 1. The first-order valence-electron chi connectivity index (χ1n) is 9.58. The lowest BCUT2D eigenvalue weighted by Gasteiger charge is -2.29. The Morgan fingerprint density at radius 3 is 2.43 bits per heavy atom. The van der Waals surface area contributed by atoms with Crippen LogP contribution in [-0.4, -0.2) is 30.4 Å². The lowest BCUT2D eigenvalue weighted by molar-refractivity contribution is -0.386. The zero-order valence-corrected chi connectivity index (χ0v) is 17.2. The zero-order chi connectivity index (χ0) is 21.9. The largest absolute Gasteiger partial charge is 0.502 e. The first-order valence-corrected chi connectivity index (χ1v) is 11.1. The van der Waals surface area contributed by atoms with Crippen LogP contribution in [0.4, 0.5) is 11.4 Å². The van der Waals surface area contributed by atoms with Gasteiger partial charge >= 0.3 is 5.69 Å². The molecular weight excluding hydrogens is 410 g/mol. The van der Waals surface area contributed by atoms with Gasteiger partial charge in [0.15, 0.2) is 5.75 Å². The van der Waals surface area contributed by atoms with Gasteiger partial charge < -0.3 is 10.4 Å². The molecule has 3 rings (SSSR count). The summed E-state index contributed by atoms with van der Waals surface area (Å²) >= 11 is 0. The molecule has 160 valence electrons. The van der Waals surface area contributed by atoms with Crippen LogP contribution in [0.15, 0.2) is 47.4 Å². The summed E-state index contributed by atoms with van der Waals surface area (Å²) in [5.74, 6) is -0.415. The van der Waals surface area contributed by atoms with E-state index in [9.17, 15) is 28.4 Å². The molecule has 2 aromatic carbocycles. The van der Waals surface area contributed by atoms with E-state index >= 15 is 0 Å². The van der Waals surface area contributed by atoms with E-state index in [4.69, 9.17) is 0 Å². The number of hydrogen-bond acceptors (Lipinski definition) is 6. The summed E-state index contributed by atoms with van der Waals surface area (Å²) in [5, 5.41) is 23.4. The third-order valence-electron chi connectivity index (χ3n) is 5.28. The maximum absolute atomic E-state index is 12.5. The Balaban J connectivity index is 1.71. The molecule has 1 amide bonds. The number of nitrogens with zero attached hydrogens (tertiary/aromatic N) is 1. The van der Waals surface area contributed by atoms with Gasteiger partial charge in [0, 0.05) is 23.4 Å². The number of amides is 1. The van der Waals surface area contributed by atoms with E-state index in [-0.39, 0.29) is 22.5 Å². The van der Waals surface area contributed by atoms with Crippen LogP contribution in [0.3, 0.4) is 0 Å². The monoisotopic (exact) mass is 433 g/mol. The van der Waals surface area contributed by atoms with Crippen molar-refractivity contribution < 1.29 is 23.2 Å². The Hall–Kier alpha value is -3.14. The Bertz CT molecular complexity index is 1050. The van der Waals surface area contributed by atoms with E-state index in [1.807, 2.05) is 0 Å². The number of benzene rings is 2. The smallest absolute Gasteiger partial charge is 0.312 e. The number of hydrogen-bond donors (Lipinski definition) is 3. The van der Waals surface area contributed by atoms with Gasteiger partial charge in [-0.05, 0) is 55.2 Å². The number of nitro benzene ring substituents is 1. The maximum atomic E-state index is 12.5. The van der Waals surface area contributed by atoms with Gasteiger partial charge in [-0.25, -0.2) is 8.42 Å². The molecule has 10 heteroatoms. The molecule has 1 fully saturated rings. The lowest BCUT2D eigenvalue weighted by Crippen LogP contribution is -2.41. The minimum atomic E-state index is -4.12. The predicted molar refractivity (Wildman–Crippen MR) is 111 cm³/mol. The molecule has 3 N–H and O–H groups in total. The van der Waals surface area contributed by atoms with Gasteiger partial charge in [0.1, 0.15) is 0 Å². The molecule has 0 saturated heterocycles. The molecule has 1 aliphatic carbocycles. The van der Waals surface area contributed by atoms with Crippen LogP contribution in [0.5, 0.6) is 5.75 Å². The molecule has 2 aromatic rings. The Morgan fingerprint density at radius 2 is 1.80 bits per heavy atom. The van der Waals surface area contributed by atoms with Crippen molar-refractivity contribution in [3.63, 3.8) is 0 Å². The molecule has 9 nitrogen and oxygen atoms in total. The minimum absolute atomic E-state index is 0.134. The van der Waals surface area contributed by atoms with E-state index in [0.717, 1.165) is 37.5 Å². The first-order chi connectivity index (χ1) is 14.2. The number of nitrogens with one attached hydrogen (secondary N) is 2. The molecule has 1 saturated carbocycles. The molecule has 0 spiro atoms. The van der Waals surface area contributed by atoms with Gasteiger partial charge in [-0.3, -0.25) is 19.6 Å². The highest BCUT2D eigenvalue weighted by atomic mass is 32.2. The fraction of sp³-hybridized carbons (Fsp3) is 0.350. The van der Waals surface area contributed by atoms with Crippen LogP contribution < -0.4 is 10.0 Å². The Kier molecular flexibility index (Phi) is 6.25. The number of rotatable bonds is 6. The van der Waals surface area contributed by atoms with Gasteiger partial charge in [-0.15, -0.1) is 0 Å². The van der Waals surface area contributed by atoms with Crippen molar-refractivity contribution in [3.8, 4) is 5.75 Å². The summed E-state index contributed by atoms with van der Waals surface area (Å²) in [6.07, 6.45) is 4.29. The SMILES string of the molecule is CC1CCCCC1NC(=O)c1ccc(NS(=O)(=O)c2ccc(O)c([N+](=O)[O-])c2)cc1. The Labute approximate surface area is 174 Å². The van der Waals surface area contributed by atoms with Crippen LogP contribution >= 0.6 is 0 Å². The van der Waals surface area contributed by atoms with Crippen LogP contribution in [0, 0.1) is 16.0 Å². The number of carbonyl (C=O) groups excluding carboxylic acids is 1. The van der Waals surface area contributed by atoms with Gasteiger partial charge in [0.2, 0.25) is 0 Å². The summed E-state index contributed by atoms with van der Waals surface area (Å²) in [6.45, 7) is 2.12. The highest BCUT2D eigenvalue weighted by molar-refractivity contribution is 7.92. The van der Waals surface area contributed by atoms with Crippen molar-refractivity contribution in [1.29, 1.82) is 0 Å². The Morgan fingerprint density at radius 1 is 1.13 bits per heavy atom. The van der Waals surface area contributed by atoms with E-state index in [1.165, 1.54) is 30.7 Å². The predicted octanol–water partition coefficient (Wildman–Crippen LogP) is 3.41. The standard InChI is InChI=1S/C20H23N3O6S/c1-13-4-2-3-5-17(13)21-20(25)14-6-8-15(9-7-14)22-30(28,29)16-10-11-19(24)18(12-16)23(26)27/h6-13,17,22,24H,2-5H2,1H3,(H,21,25). The first kappa shape index (κ1) is 21.6. The summed E-state index contributed by atoms with van der Waals surface area (Å²) < 4.78 is 27.3. The van der Waals surface area contributed by atoms with Crippen LogP contribution in [0.2, 0.25) is 0 Å². The van der Waals surface area contributed by atoms with Crippen molar-refractivity contribution in [3.05, 3.63) is 58.1 Å². The van der Waals surface area contributed by atoms with Crippen molar-refractivity contribution in [1.82, 2.24) is 5.32 Å². The number of phenols is 1. The van der Waals surface area contributed by atoms with Crippen LogP contribution in [0.1, 0.15) is 43.0 Å². The third-order valence-corrected chi connectivity index (χ3v) is 6.66. The van der Waals surface area contributed by atoms with Crippen LogP contribution in [-0.2, 0) is 10.0 Å². The quantitative estimate of drug-likeness (QED) is 0.471. The molecular formula is C20H23N3O6S. The second-order valence-electron chi connectivity index (χ2n) is 7.43. The van der Waals surface area contributed by atoms with E-state index < -0.39 is 26.4 Å². The number of nitro groups is 1. The molecule has 0 aromatic heterocycles. The highest BCUT2D eigenvalue weighted by Gasteiger charge is 2.24. The molecule has 30 heavy (non-hydrogen) atoms. The summed E-state index contributed by atoms with van der Waals surface area (Å²) in [7, 11) is -4.12. The topological polar surface area (TPSA) is 139 Å². The summed E-state index contributed by atoms with van der Waals surface area (Å²) in [6, 6.07) is 8.86. The van der Waals surface area contributed by atoms with E-state index in [2.05, 4.69) is 17.0 Å². The van der Waals surface area contributed by atoms with Crippen molar-refractivity contribution in [2.24, 2.45) is 5.92 Å².